The van der Waals surface area contributed by atoms with Crippen LogP contribution in [0.4, 0.5) is 0 Å². The Morgan fingerprint density at radius 3 is 0.955 bits per heavy atom. The number of ether oxygens (including phenoxy) is 17. The number of aliphatic hydroxyl groups excluding tert-OH is 5. The zero-order chi connectivity index (χ0) is 77.7. The Hall–Kier alpha value is -7.65. The summed E-state index contributed by atoms with van der Waals surface area (Å²) in [5, 5.41) is 62.9. The highest BCUT2D eigenvalue weighted by atomic mass is 16.8. The number of aliphatic hydroxyl groups is 5. The molecular weight excluding hydrogens is 1440 g/mol. The maximum Gasteiger partial charge on any atom is 0.217 e. The van der Waals surface area contributed by atoms with Crippen LogP contribution >= 0.6 is 0 Å². The quantitative estimate of drug-likeness (QED) is 0.0216. The van der Waals surface area contributed by atoms with Gasteiger partial charge in [-0.25, -0.2) is 0 Å². The van der Waals surface area contributed by atoms with Crippen LogP contribution in [-0.2, 0) is 138 Å². The number of rotatable bonds is 35. The van der Waals surface area contributed by atoms with Gasteiger partial charge in [0.2, 0.25) is 5.91 Å². The summed E-state index contributed by atoms with van der Waals surface area (Å²) in [6.07, 6.45) is -31.8. The molecule has 8 aromatic carbocycles. The van der Waals surface area contributed by atoms with Crippen molar-refractivity contribution in [3.05, 3.63) is 287 Å². The van der Waals surface area contributed by atoms with Gasteiger partial charge >= 0.3 is 0 Å². The molecule has 5 aliphatic rings. The van der Waals surface area contributed by atoms with E-state index in [0.29, 0.717) is 0 Å². The molecule has 0 saturated carbocycles. The summed E-state index contributed by atoms with van der Waals surface area (Å²) in [4.78, 5) is 12.7. The molecule has 6 N–H and O–H groups in total. The van der Waals surface area contributed by atoms with E-state index in [1.807, 2.05) is 243 Å². The molecular formula is C88H103NO23. The van der Waals surface area contributed by atoms with Gasteiger partial charge in [0.15, 0.2) is 31.5 Å². The molecule has 0 aromatic heterocycles. The molecule has 5 aliphatic heterocycles. The van der Waals surface area contributed by atoms with E-state index in [-0.39, 0.29) is 59.5 Å². The lowest BCUT2D eigenvalue weighted by molar-refractivity contribution is -0.404. The maximum absolute atomic E-state index is 13.8. The Kier molecular flexibility index (Phi) is 30.2. The molecule has 5 fully saturated rings. The lowest BCUT2D eigenvalue weighted by Crippen LogP contribution is -2.69. The van der Waals surface area contributed by atoms with Crippen LogP contribution in [0.2, 0.25) is 0 Å². The number of benzene rings is 8. The van der Waals surface area contributed by atoms with Crippen LogP contribution in [0.3, 0.4) is 0 Å². The first-order valence-corrected chi connectivity index (χ1v) is 38.4. The Morgan fingerprint density at radius 1 is 0.312 bits per heavy atom. The fraction of sp³-hybridized carbons (Fsp3) is 0.443. The van der Waals surface area contributed by atoms with Crippen molar-refractivity contribution in [3.8, 4) is 0 Å². The van der Waals surface area contributed by atoms with Crippen LogP contribution in [0.15, 0.2) is 243 Å². The second kappa shape index (κ2) is 41.1. The Balaban J connectivity index is 0.897. The van der Waals surface area contributed by atoms with Crippen molar-refractivity contribution >= 4 is 5.91 Å². The van der Waals surface area contributed by atoms with Crippen molar-refractivity contribution in [2.75, 3.05) is 13.2 Å². The van der Waals surface area contributed by atoms with Crippen molar-refractivity contribution in [1.82, 2.24) is 5.32 Å². The van der Waals surface area contributed by atoms with E-state index in [1.165, 1.54) is 6.92 Å². The van der Waals surface area contributed by atoms with Crippen molar-refractivity contribution < 1.29 is 111 Å². The topological polar surface area (TPSA) is 287 Å². The Bertz CT molecular complexity index is 4010. The Labute approximate surface area is 653 Å². The normalized spacial score (nSPS) is 32.2. The van der Waals surface area contributed by atoms with Gasteiger partial charge in [0.05, 0.1) is 84.4 Å². The molecule has 24 heteroatoms. The predicted molar refractivity (Wildman–Crippen MR) is 406 cm³/mol. The largest absolute Gasteiger partial charge is 0.394 e. The van der Waals surface area contributed by atoms with Crippen LogP contribution < -0.4 is 5.32 Å². The average molecular weight is 1540 g/mol. The monoisotopic (exact) mass is 1540 g/mol. The molecule has 112 heavy (non-hydrogen) atoms. The molecule has 598 valence electrons. The van der Waals surface area contributed by atoms with Gasteiger partial charge in [0.25, 0.3) is 0 Å². The first kappa shape index (κ1) is 82.3. The van der Waals surface area contributed by atoms with Crippen LogP contribution in [0.1, 0.15) is 72.2 Å². The zero-order valence-electron chi connectivity index (χ0n) is 63.2. The minimum atomic E-state index is -1.84. The molecule has 0 spiro atoms. The third-order valence-corrected chi connectivity index (χ3v) is 20.6. The lowest BCUT2D eigenvalue weighted by Gasteiger charge is -2.52. The van der Waals surface area contributed by atoms with E-state index in [9.17, 15) is 30.3 Å². The fourth-order valence-electron chi connectivity index (χ4n) is 14.8. The molecule has 0 radical (unpaired) electrons. The van der Waals surface area contributed by atoms with Gasteiger partial charge in [-0.1, -0.05) is 243 Å². The summed E-state index contributed by atoms with van der Waals surface area (Å²) in [5.74, 6) is -0.603. The molecule has 25 atom stereocenters. The number of carbonyl (C=O) groups is 1. The van der Waals surface area contributed by atoms with Gasteiger partial charge < -0.3 is 111 Å². The molecule has 0 aliphatic carbocycles. The molecule has 1 amide bonds. The van der Waals surface area contributed by atoms with Gasteiger partial charge in [0, 0.05) is 6.92 Å². The molecule has 5 heterocycles. The van der Waals surface area contributed by atoms with E-state index in [2.05, 4.69) is 5.32 Å². The van der Waals surface area contributed by atoms with Crippen LogP contribution in [0.25, 0.3) is 0 Å². The zero-order valence-corrected chi connectivity index (χ0v) is 63.2. The highest BCUT2D eigenvalue weighted by molar-refractivity contribution is 5.73. The Morgan fingerprint density at radius 2 is 0.598 bits per heavy atom. The number of carbonyl (C=O) groups excluding carboxylic acids is 1. The first-order valence-electron chi connectivity index (χ1n) is 38.4. The molecule has 13 rings (SSSR count). The third kappa shape index (κ3) is 21.9. The third-order valence-electron chi connectivity index (χ3n) is 20.6. The van der Waals surface area contributed by atoms with Crippen molar-refractivity contribution in [2.24, 2.45) is 0 Å². The number of nitrogens with one attached hydrogen (secondary N) is 1. The van der Waals surface area contributed by atoms with E-state index >= 15 is 0 Å². The van der Waals surface area contributed by atoms with Gasteiger partial charge in [-0.15, -0.1) is 0 Å². The highest BCUT2D eigenvalue weighted by Crippen LogP contribution is 2.41. The summed E-state index contributed by atoms with van der Waals surface area (Å²) in [6, 6.07) is 75.8. The van der Waals surface area contributed by atoms with Gasteiger partial charge in [0.1, 0.15) is 104 Å². The second-order valence-corrected chi connectivity index (χ2v) is 28.8. The van der Waals surface area contributed by atoms with E-state index in [0.717, 1.165) is 44.5 Å². The van der Waals surface area contributed by atoms with E-state index in [1.54, 1.807) is 20.8 Å². The second-order valence-electron chi connectivity index (χ2n) is 28.8. The average Bonchev–Trinajstić information content (AvgIpc) is 0.764. The number of amides is 1. The summed E-state index contributed by atoms with van der Waals surface area (Å²) < 4.78 is 118. The highest BCUT2D eigenvalue weighted by Gasteiger charge is 2.59. The smallest absolute Gasteiger partial charge is 0.217 e. The van der Waals surface area contributed by atoms with Crippen LogP contribution in [0, 0.1) is 0 Å². The van der Waals surface area contributed by atoms with Crippen molar-refractivity contribution in [3.63, 3.8) is 0 Å². The number of hydrogen-bond donors (Lipinski definition) is 6. The summed E-state index contributed by atoms with van der Waals surface area (Å²) in [6.45, 7) is 6.49. The molecule has 0 bridgehead atoms. The van der Waals surface area contributed by atoms with Gasteiger partial charge in [-0.3, -0.25) is 4.79 Å². The number of hydrogen-bond acceptors (Lipinski definition) is 23. The minimum absolute atomic E-state index is 0.00401. The van der Waals surface area contributed by atoms with Crippen LogP contribution in [0.5, 0.6) is 0 Å². The lowest BCUT2D eigenvalue weighted by atomic mass is 9.94. The molecule has 0 unspecified atom stereocenters. The van der Waals surface area contributed by atoms with E-state index < -0.39 is 166 Å². The molecule has 8 aromatic rings. The van der Waals surface area contributed by atoms with Crippen LogP contribution in [-0.4, -0.2) is 198 Å². The standard InChI is InChI=1S/C88H103NO23/c1-55-74(98-48-61-33-17-7-18-34-61)79(71(93)85(104-55)109-77-69(89-58(4)91)84(95)107-67(45-90)70(77)92)111-88-83(80(101-51-64-39-23-10-24-40-64)75(57(3)106-88)99-49-62-35-19-8-20-36-62)112-86-72(94)78(73(56(2)105-86)97-47-60-31-15-6-16-32-60)110-87-82(103-53-66-43-27-12-28-44-66)81(102-52-65-41-25-11-26-42-65)76(100-50-63-37-21-9-22-38-63)68(108-87)54-96-46-59-29-13-5-14-30-59/h5-44,55-57,67-88,90,92-95H,45-54H2,1-4H3,(H,89,91)/t55-,56-,57-,67+,68+,69+,70+,71+,72+,73-,74-,75-,76+,77+,78-,79-,80+,81-,82+,83+,84+,85-,86-,87+,88-/m0/s1. The van der Waals surface area contributed by atoms with Crippen molar-refractivity contribution in [2.45, 2.75) is 234 Å². The van der Waals surface area contributed by atoms with E-state index in [4.69, 9.17) is 80.5 Å². The van der Waals surface area contributed by atoms with Gasteiger partial charge in [-0.05, 0) is 65.3 Å². The molecule has 24 nitrogen and oxygen atoms in total. The summed E-state index contributed by atoms with van der Waals surface area (Å²) in [5.41, 5.74) is 6.79. The van der Waals surface area contributed by atoms with Crippen molar-refractivity contribution in [1.29, 1.82) is 0 Å². The van der Waals surface area contributed by atoms with Gasteiger partial charge in [-0.2, -0.15) is 0 Å². The molecule has 5 saturated heterocycles. The SMILES string of the molecule is CC(=O)N[C@@H]1[C@@H](O[C@@H]2O[C@@H](C)[C@H](OCc3ccccc3)[C@@H](O[C@@H]3O[C@@H](C)[C@H](OCc4ccccc4)[C@@H](OCc4ccccc4)[C@H]3O[C@@H]3O[C@@H](C)[C@H](OCc4ccccc4)[C@@H](O[C@H]4O[C@H](COCc5ccccc5)[C@@H](OCc5ccccc5)[C@H](OCc5ccccc5)[C@H]4OCc4ccccc4)[C@H]3O)[C@H]2O)[C@H](O)[C@@H](CO)O[C@H]1O. The fourth-order valence-corrected chi connectivity index (χ4v) is 14.8. The summed E-state index contributed by atoms with van der Waals surface area (Å²) >= 11 is 0. The maximum atomic E-state index is 13.8. The summed E-state index contributed by atoms with van der Waals surface area (Å²) in [7, 11) is 0. The minimum Gasteiger partial charge on any atom is -0.394 e. The predicted octanol–water partition coefficient (Wildman–Crippen LogP) is 9.10. The first-order chi connectivity index (χ1) is 54.7.